The van der Waals surface area contributed by atoms with E-state index in [1.54, 1.807) is 18.2 Å². The van der Waals surface area contributed by atoms with Crippen molar-refractivity contribution in [1.29, 1.82) is 0 Å². The Labute approximate surface area is 164 Å². The van der Waals surface area contributed by atoms with Crippen LogP contribution in [0.4, 0.5) is 4.79 Å². The number of nitrogens with one attached hydrogen (secondary N) is 1. The van der Waals surface area contributed by atoms with Gasteiger partial charge in [0, 0.05) is 6.04 Å². The van der Waals surface area contributed by atoms with Crippen LogP contribution >= 0.6 is 0 Å². The molecule has 0 bridgehead atoms. The summed E-state index contributed by atoms with van der Waals surface area (Å²) in [7, 11) is 0. The van der Waals surface area contributed by atoms with Crippen LogP contribution in [0.5, 0.6) is 5.75 Å². The lowest BCUT2D eigenvalue weighted by Crippen LogP contribution is -2.58. The number of hydrogen-bond donors (Lipinski definition) is 2. The molecule has 2 aliphatic carbocycles. The molecule has 0 unspecified atom stereocenters. The van der Waals surface area contributed by atoms with Crippen molar-refractivity contribution in [1.82, 2.24) is 5.32 Å². The second-order valence-electron chi connectivity index (χ2n) is 7.82. The van der Waals surface area contributed by atoms with Crippen molar-refractivity contribution >= 4 is 12.0 Å². The van der Waals surface area contributed by atoms with Crippen LogP contribution in [0, 0.1) is 5.41 Å². The molecular formula is C22H24N2O4. The Balaban J connectivity index is 1.18. The lowest BCUT2D eigenvalue weighted by Gasteiger charge is -2.57. The van der Waals surface area contributed by atoms with Gasteiger partial charge in [-0.1, -0.05) is 42.5 Å². The Bertz CT molecular complexity index is 854. The fourth-order valence-electron chi connectivity index (χ4n) is 4.29. The summed E-state index contributed by atoms with van der Waals surface area (Å²) in [5, 5.41) is 2.94. The highest BCUT2D eigenvalue weighted by Crippen LogP contribution is 2.56. The van der Waals surface area contributed by atoms with Gasteiger partial charge in [-0.15, -0.1) is 0 Å². The highest BCUT2D eigenvalue weighted by molar-refractivity contribution is 5.95. The Morgan fingerprint density at radius 3 is 2.39 bits per heavy atom. The summed E-state index contributed by atoms with van der Waals surface area (Å²) in [4.78, 5) is 23.4. The average molecular weight is 380 g/mol. The molecule has 2 amide bonds. The first-order valence-corrected chi connectivity index (χ1v) is 9.56. The molecule has 0 saturated heterocycles. The van der Waals surface area contributed by atoms with E-state index in [1.165, 1.54) is 0 Å². The molecule has 2 fully saturated rings. The van der Waals surface area contributed by atoms with Crippen LogP contribution < -0.4 is 15.8 Å². The van der Waals surface area contributed by atoms with Crippen LogP contribution in [-0.4, -0.2) is 24.1 Å². The fraction of sp³-hybridized carbons (Fsp3) is 0.364. The maximum atomic E-state index is 11.9. The normalized spacial score (nSPS) is 25.3. The summed E-state index contributed by atoms with van der Waals surface area (Å²) in [6.45, 7) is 0.278. The predicted octanol–water partition coefficient (Wildman–Crippen LogP) is 3.40. The minimum Gasteiger partial charge on any atom is -0.490 e. The maximum absolute atomic E-state index is 11.9. The van der Waals surface area contributed by atoms with Crippen molar-refractivity contribution in [3.05, 3.63) is 65.7 Å². The maximum Gasteiger partial charge on any atom is 0.407 e. The van der Waals surface area contributed by atoms with Crippen molar-refractivity contribution < 1.29 is 19.1 Å². The molecule has 28 heavy (non-hydrogen) atoms. The molecule has 0 radical (unpaired) electrons. The van der Waals surface area contributed by atoms with Gasteiger partial charge in [-0.2, -0.15) is 0 Å². The van der Waals surface area contributed by atoms with Crippen LogP contribution in [0.3, 0.4) is 0 Å². The number of nitrogens with two attached hydrogens (primary N) is 1. The van der Waals surface area contributed by atoms with Crippen molar-refractivity contribution in [2.45, 2.75) is 44.4 Å². The Kier molecular flexibility index (Phi) is 4.94. The average Bonchev–Trinajstić information content (AvgIpc) is 2.64. The van der Waals surface area contributed by atoms with Gasteiger partial charge < -0.3 is 20.5 Å². The minimum absolute atomic E-state index is 0.0893. The third-order valence-electron chi connectivity index (χ3n) is 5.66. The second kappa shape index (κ2) is 7.54. The van der Waals surface area contributed by atoms with Gasteiger partial charge in [0.15, 0.2) is 0 Å². The van der Waals surface area contributed by atoms with Gasteiger partial charge in [-0.25, -0.2) is 4.79 Å². The highest BCUT2D eigenvalue weighted by atomic mass is 16.5. The first-order valence-electron chi connectivity index (χ1n) is 9.56. The van der Waals surface area contributed by atoms with E-state index in [4.69, 9.17) is 15.2 Å². The Morgan fingerprint density at radius 1 is 1.00 bits per heavy atom. The number of rotatable bonds is 6. The number of benzene rings is 2. The van der Waals surface area contributed by atoms with Crippen molar-refractivity contribution in [3.8, 4) is 5.75 Å². The van der Waals surface area contributed by atoms with E-state index in [9.17, 15) is 9.59 Å². The summed E-state index contributed by atoms with van der Waals surface area (Å²) < 4.78 is 11.2. The van der Waals surface area contributed by atoms with Crippen molar-refractivity contribution in [2.24, 2.45) is 11.1 Å². The number of ether oxygens (including phenoxy) is 2. The number of primary amides is 1. The fourth-order valence-corrected chi connectivity index (χ4v) is 4.29. The zero-order valence-corrected chi connectivity index (χ0v) is 15.6. The zero-order chi connectivity index (χ0) is 19.6. The monoisotopic (exact) mass is 380 g/mol. The molecule has 0 atom stereocenters. The third-order valence-corrected chi connectivity index (χ3v) is 5.66. The molecule has 4 rings (SSSR count). The topological polar surface area (TPSA) is 90.7 Å². The molecule has 2 aromatic carbocycles. The van der Waals surface area contributed by atoms with Crippen LogP contribution in [0.15, 0.2) is 54.6 Å². The molecule has 2 aromatic rings. The number of para-hydroxylation sites is 1. The van der Waals surface area contributed by atoms with Gasteiger partial charge in [0.05, 0.1) is 11.7 Å². The lowest BCUT2D eigenvalue weighted by atomic mass is 9.53. The van der Waals surface area contributed by atoms with Crippen LogP contribution in [0.25, 0.3) is 0 Å². The SMILES string of the molecule is NC(=O)c1ccccc1O[C@H]1CC2(C[C@H](NC(=O)OCc3ccccc3)C2)C1. The van der Waals surface area contributed by atoms with Crippen molar-refractivity contribution in [3.63, 3.8) is 0 Å². The first kappa shape index (κ1) is 18.3. The van der Waals surface area contributed by atoms with Crippen LogP contribution in [0.2, 0.25) is 0 Å². The Hall–Kier alpha value is -3.02. The number of hydrogen-bond acceptors (Lipinski definition) is 4. The number of carbonyl (C=O) groups excluding carboxylic acids is 2. The van der Waals surface area contributed by atoms with E-state index in [0.717, 1.165) is 31.2 Å². The van der Waals surface area contributed by atoms with Crippen LogP contribution in [-0.2, 0) is 11.3 Å². The van der Waals surface area contributed by atoms with Crippen LogP contribution in [0.1, 0.15) is 41.6 Å². The standard InChI is InChI=1S/C22H24N2O4/c23-20(25)18-8-4-5-9-19(18)28-17-12-22(13-17)10-16(11-22)24-21(26)27-14-15-6-2-1-3-7-15/h1-9,16-17H,10-14H2,(H2,23,25)(H,24,26)/t16-,17-,22?. The molecular weight excluding hydrogens is 356 g/mol. The largest absolute Gasteiger partial charge is 0.490 e. The van der Waals surface area contributed by atoms with Gasteiger partial charge in [0.1, 0.15) is 12.4 Å². The summed E-state index contributed by atoms with van der Waals surface area (Å²) in [6, 6.07) is 16.8. The van der Waals surface area contributed by atoms with Gasteiger partial charge in [0.2, 0.25) is 0 Å². The van der Waals surface area contributed by atoms with E-state index in [1.807, 2.05) is 36.4 Å². The van der Waals surface area contributed by atoms with E-state index >= 15 is 0 Å². The van der Waals surface area contributed by atoms with Gasteiger partial charge in [0.25, 0.3) is 5.91 Å². The molecule has 146 valence electrons. The summed E-state index contributed by atoms with van der Waals surface area (Å²) in [5.41, 5.74) is 7.02. The summed E-state index contributed by atoms with van der Waals surface area (Å²) in [6.07, 6.45) is 3.45. The molecule has 6 nitrogen and oxygen atoms in total. The van der Waals surface area contributed by atoms with E-state index in [2.05, 4.69) is 5.32 Å². The lowest BCUT2D eigenvalue weighted by molar-refractivity contribution is -0.0844. The summed E-state index contributed by atoms with van der Waals surface area (Å²) in [5.74, 6) is 0.0694. The third kappa shape index (κ3) is 3.96. The molecule has 2 aliphatic rings. The molecule has 0 aliphatic heterocycles. The van der Waals surface area contributed by atoms with E-state index < -0.39 is 5.91 Å². The first-order chi connectivity index (χ1) is 13.5. The Morgan fingerprint density at radius 2 is 1.68 bits per heavy atom. The summed E-state index contributed by atoms with van der Waals surface area (Å²) >= 11 is 0. The van der Waals surface area contributed by atoms with Crippen molar-refractivity contribution in [2.75, 3.05) is 0 Å². The smallest absolute Gasteiger partial charge is 0.407 e. The molecule has 3 N–H and O–H groups in total. The molecule has 1 spiro atoms. The van der Waals surface area contributed by atoms with Gasteiger partial charge in [-0.05, 0) is 48.8 Å². The van der Waals surface area contributed by atoms with E-state index in [0.29, 0.717) is 11.3 Å². The van der Waals surface area contributed by atoms with Gasteiger partial charge in [-0.3, -0.25) is 4.79 Å². The quantitative estimate of drug-likeness (QED) is 0.804. The van der Waals surface area contributed by atoms with E-state index in [-0.39, 0.29) is 30.3 Å². The highest BCUT2D eigenvalue weighted by Gasteiger charge is 2.54. The second-order valence-corrected chi connectivity index (χ2v) is 7.82. The predicted molar refractivity (Wildman–Crippen MR) is 104 cm³/mol. The minimum atomic E-state index is -0.480. The molecule has 2 saturated carbocycles. The molecule has 0 heterocycles. The number of amides is 2. The number of alkyl carbamates (subject to hydrolysis) is 1. The number of carbonyl (C=O) groups is 2. The molecule has 6 heteroatoms. The van der Waals surface area contributed by atoms with Gasteiger partial charge >= 0.3 is 6.09 Å². The molecule has 0 aromatic heterocycles. The zero-order valence-electron chi connectivity index (χ0n) is 15.6.